The minimum atomic E-state index is -1.39. The molecular formula is C18H25N3O4. The summed E-state index contributed by atoms with van der Waals surface area (Å²) in [5.41, 5.74) is -1.93. The number of hydrogen-bond acceptors (Lipinski definition) is 5. The summed E-state index contributed by atoms with van der Waals surface area (Å²) in [5, 5.41) is 13.1. The van der Waals surface area contributed by atoms with Crippen LogP contribution >= 0.6 is 0 Å². The van der Waals surface area contributed by atoms with Crippen molar-refractivity contribution in [2.24, 2.45) is 0 Å². The predicted molar refractivity (Wildman–Crippen MR) is 93.6 cm³/mol. The van der Waals surface area contributed by atoms with Gasteiger partial charge in [-0.15, -0.1) is 0 Å². The van der Waals surface area contributed by atoms with Crippen molar-refractivity contribution in [3.63, 3.8) is 0 Å². The summed E-state index contributed by atoms with van der Waals surface area (Å²) in [5.74, 6) is 0.938. The van der Waals surface area contributed by atoms with Gasteiger partial charge in [0.1, 0.15) is 28.5 Å². The Morgan fingerprint density at radius 3 is 2.40 bits per heavy atom. The van der Waals surface area contributed by atoms with E-state index in [0.717, 1.165) is 0 Å². The van der Waals surface area contributed by atoms with Gasteiger partial charge in [0, 0.05) is 5.41 Å². The zero-order valence-electron chi connectivity index (χ0n) is 15.5. The second-order valence-corrected chi connectivity index (χ2v) is 7.49. The highest BCUT2D eigenvalue weighted by molar-refractivity contribution is 5.94. The third-order valence-electron chi connectivity index (χ3n) is 3.90. The quantitative estimate of drug-likeness (QED) is 0.783. The SMILES string of the molecule is Cc1ccc([C@](C)(O)CNC(=O)c2c(C)nc(C(C)(C)C)[nH]c2=O)o1. The van der Waals surface area contributed by atoms with Crippen molar-refractivity contribution in [3.8, 4) is 0 Å². The highest BCUT2D eigenvalue weighted by Crippen LogP contribution is 2.22. The lowest BCUT2D eigenvalue weighted by molar-refractivity contribution is 0.0323. The molecule has 25 heavy (non-hydrogen) atoms. The van der Waals surface area contributed by atoms with Gasteiger partial charge < -0.3 is 19.8 Å². The number of aromatic amines is 1. The number of carbonyl (C=O) groups excluding carboxylic acids is 1. The Morgan fingerprint density at radius 1 is 1.28 bits per heavy atom. The third-order valence-corrected chi connectivity index (χ3v) is 3.90. The first-order valence-corrected chi connectivity index (χ1v) is 8.11. The highest BCUT2D eigenvalue weighted by Gasteiger charge is 2.29. The summed E-state index contributed by atoms with van der Waals surface area (Å²) in [7, 11) is 0. The maximum Gasteiger partial charge on any atom is 0.264 e. The Labute approximate surface area is 146 Å². The van der Waals surface area contributed by atoms with Crippen molar-refractivity contribution < 1.29 is 14.3 Å². The molecule has 0 saturated heterocycles. The second kappa shape index (κ2) is 6.48. The topological polar surface area (TPSA) is 108 Å². The molecule has 1 amide bonds. The number of aromatic nitrogens is 2. The van der Waals surface area contributed by atoms with E-state index in [1.165, 1.54) is 6.92 Å². The van der Waals surface area contributed by atoms with E-state index >= 15 is 0 Å². The number of rotatable bonds is 4. The van der Waals surface area contributed by atoms with Crippen LogP contribution in [0.4, 0.5) is 0 Å². The Kier molecular flexibility index (Phi) is 4.90. The first-order chi connectivity index (χ1) is 11.4. The fourth-order valence-corrected chi connectivity index (χ4v) is 2.36. The van der Waals surface area contributed by atoms with E-state index in [-0.39, 0.29) is 17.5 Å². The molecule has 0 spiro atoms. The Morgan fingerprint density at radius 2 is 1.92 bits per heavy atom. The molecule has 0 bridgehead atoms. The number of amides is 1. The van der Waals surface area contributed by atoms with E-state index in [9.17, 15) is 14.7 Å². The second-order valence-electron chi connectivity index (χ2n) is 7.49. The zero-order chi connectivity index (χ0) is 19.0. The molecule has 0 unspecified atom stereocenters. The van der Waals surface area contributed by atoms with Crippen LogP contribution in [0.15, 0.2) is 21.3 Å². The first kappa shape index (κ1) is 18.9. The molecule has 2 rings (SSSR count). The Bertz CT molecular complexity index is 841. The molecule has 0 fully saturated rings. The molecule has 0 aromatic carbocycles. The summed E-state index contributed by atoms with van der Waals surface area (Å²) in [6.45, 7) is 10.6. The third kappa shape index (κ3) is 4.17. The fourth-order valence-electron chi connectivity index (χ4n) is 2.36. The summed E-state index contributed by atoms with van der Waals surface area (Å²) >= 11 is 0. The van der Waals surface area contributed by atoms with Gasteiger partial charge in [-0.2, -0.15) is 0 Å². The lowest BCUT2D eigenvalue weighted by Crippen LogP contribution is -2.41. The van der Waals surface area contributed by atoms with Gasteiger partial charge in [-0.25, -0.2) is 4.98 Å². The molecule has 136 valence electrons. The van der Waals surface area contributed by atoms with Gasteiger partial charge in [-0.05, 0) is 32.9 Å². The van der Waals surface area contributed by atoms with Crippen LogP contribution in [0, 0.1) is 13.8 Å². The summed E-state index contributed by atoms with van der Waals surface area (Å²) < 4.78 is 5.41. The van der Waals surface area contributed by atoms with Crippen molar-refractivity contribution in [2.45, 2.75) is 52.6 Å². The normalized spacial score (nSPS) is 14.2. The van der Waals surface area contributed by atoms with Crippen molar-refractivity contribution in [3.05, 3.63) is 51.1 Å². The zero-order valence-corrected chi connectivity index (χ0v) is 15.5. The van der Waals surface area contributed by atoms with Crippen molar-refractivity contribution in [1.29, 1.82) is 0 Å². The van der Waals surface area contributed by atoms with Crippen LogP contribution < -0.4 is 10.9 Å². The Hall–Kier alpha value is -2.41. The molecule has 7 heteroatoms. The number of nitrogens with one attached hydrogen (secondary N) is 2. The van der Waals surface area contributed by atoms with Crippen LogP contribution in [0.2, 0.25) is 0 Å². The molecule has 3 N–H and O–H groups in total. The van der Waals surface area contributed by atoms with E-state index < -0.39 is 17.1 Å². The number of aryl methyl sites for hydroxylation is 2. The van der Waals surface area contributed by atoms with Gasteiger partial charge in [0.15, 0.2) is 0 Å². The molecule has 0 aliphatic rings. The van der Waals surface area contributed by atoms with Crippen LogP contribution in [-0.2, 0) is 11.0 Å². The molecule has 0 aliphatic heterocycles. The monoisotopic (exact) mass is 347 g/mol. The summed E-state index contributed by atoms with van der Waals surface area (Å²) in [4.78, 5) is 31.7. The van der Waals surface area contributed by atoms with Crippen LogP contribution in [0.1, 0.15) is 61.1 Å². The van der Waals surface area contributed by atoms with E-state index in [4.69, 9.17) is 4.42 Å². The van der Waals surface area contributed by atoms with Crippen molar-refractivity contribution in [1.82, 2.24) is 15.3 Å². The fraction of sp³-hybridized carbons (Fsp3) is 0.500. The number of H-pyrrole nitrogens is 1. The molecule has 2 aromatic rings. The van der Waals surface area contributed by atoms with Crippen LogP contribution in [-0.4, -0.2) is 27.5 Å². The van der Waals surface area contributed by atoms with Gasteiger partial charge in [0.25, 0.3) is 11.5 Å². The van der Waals surface area contributed by atoms with Gasteiger partial charge >= 0.3 is 0 Å². The average Bonchev–Trinajstić information content (AvgIpc) is 2.91. The number of furan rings is 1. The molecule has 0 aliphatic carbocycles. The lowest BCUT2D eigenvalue weighted by Gasteiger charge is -2.22. The standard InChI is InChI=1S/C18H25N3O4/c1-10-7-8-12(25-10)18(6,24)9-19-14(22)13-11(2)20-16(17(3,4)5)21-15(13)23/h7-8,24H,9H2,1-6H3,(H,19,22)(H,20,21,23)/t18-/m1/s1. The summed E-state index contributed by atoms with van der Waals surface area (Å²) in [6.07, 6.45) is 0. The lowest BCUT2D eigenvalue weighted by atomic mass is 9.95. The maximum absolute atomic E-state index is 12.4. The minimum Gasteiger partial charge on any atom is -0.463 e. The molecule has 7 nitrogen and oxygen atoms in total. The van der Waals surface area contributed by atoms with Crippen molar-refractivity contribution in [2.75, 3.05) is 6.54 Å². The maximum atomic E-state index is 12.4. The van der Waals surface area contributed by atoms with Crippen LogP contribution in [0.3, 0.4) is 0 Å². The van der Waals surface area contributed by atoms with E-state index in [1.54, 1.807) is 26.0 Å². The van der Waals surface area contributed by atoms with E-state index in [0.29, 0.717) is 23.0 Å². The molecule has 2 aromatic heterocycles. The predicted octanol–water partition coefficient (Wildman–Crippen LogP) is 1.91. The molecule has 0 radical (unpaired) electrons. The summed E-state index contributed by atoms with van der Waals surface area (Å²) in [6, 6.07) is 3.38. The van der Waals surface area contributed by atoms with E-state index in [1.807, 2.05) is 20.8 Å². The Balaban J connectivity index is 2.20. The highest BCUT2D eigenvalue weighted by atomic mass is 16.4. The molecule has 0 saturated carbocycles. The van der Waals surface area contributed by atoms with Crippen LogP contribution in [0.25, 0.3) is 0 Å². The number of hydrogen-bond donors (Lipinski definition) is 3. The molecular weight excluding hydrogens is 322 g/mol. The van der Waals surface area contributed by atoms with Crippen molar-refractivity contribution >= 4 is 5.91 Å². The van der Waals surface area contributed by atoms with Gasteiger partial charge in [-0.1, -0.05) is 20.8 Å². The number of carbonyl (C=O) groups is 1. The number of nitrogens with zero attached hydrogens (tertiary/aromatic N) is 1. The smallest absolute Gasteiger partial charge is 0.264 e. The van der Waals surface area contributed by atoms with Gasteiger partial charge in [0.2, 0.25) is 0 Å². The molecule has 1 atom stereocenters. The minimum absolute atomic E-state index is 0.0561. The van der Waals surface area contributed by atoms with Gasteiger partial charge in [-0.3, -0.25) is 9.59 Å². The average molecular weight is 347 g/mol. The number of aliphatic hydroxyl groups is 1. The van der Waals surface area contributed by atoms with Crippen LogP contribution in [0.5, 0.6) is 0 Å². The van der Waals surface area contributed by atoms with Gasteiger partial charge in [0.05, 0.1) is 12.2 Å². The molecule has 2 heterocycles. The van der Waals surface area contributed by atoms with E-state index in [2.05, 4.69) is 15.3 Å². The first-order valence-electron chi connectivity index (χ1n) is 8.11. The largest absolute Gasteiger partial charge is 0.463 e.